The largest absolute Gasteiger partial charge is 0.494 e. The molecule has 1 heterocycles. The summed E-state index contributed by atoms with van der Waals surface area (Å²) in [6.45, 7) is 2.70. The summed E-state index contributed by atoms with van der Waals surface area (Å²) in [4.78, 5) is 0. The maximum absolute atomic E-state index is 13.8. The minimum atomic E-state index is -0.400. The van der Waals surface area contributed by atoms with E-state index >= 15 is 0 Å². The molecule has 1 aromatic heterocycles. The van der Waals surface area contributed by atoms with Crippen molar-refractivity contribution in [3.8, 4) is 5.75 Å². The van der Waals surface area contributed by atoms with Gasteiger partial charge in [-0.2, -0.15) is 0 Å². The van der Waals surface area contributed by atoms with E-state index in [-0.39, 0.29) is 11.8 Å². The third-order valence-corrected chi connectivity index (χ3v) is 3.18. The number of ether oxygens (including phenoxy) is 1. The minimum Gasteiger partial charge on any atom is -0.494 e. The zero-order valence-electron chi connectivity index (χ0n) is 10.7. The molecule has 0 bridgehead atoms. The van der Waals surface area contributed by atoms with Crippen molar-refractivity contribution in [3.63, 3.8) is 0 Å². The molecule has 0 saturated heterocycles. The van der Waals surface area contributed by atoms with Gasteiger partial charge in [-0.15, -0.1) is 0 Å². The Morgan fingerprint density at radius 2 is 2.21 bits per heavy atom. The molecule has 2 rings (SSSR count). The van der Waals surface area contributed by atoms with Gasteiger partial charge < -0.3 is 14.5 Å². The second kappa shape index (κ2) is 6.08. The van der Waals surface area contributed by atoms with Gasteiger partial charge in [0, 0.05) is 5.56 Å². The fraction of sp³-hybridized carbons (Fsp3) is 0.286. The molecule has 1 aromatic carbocycles. The van der Waals surface area contributed by atoms with Crippen molar-refractivity contribution in [2.24, 2.45) is 0 Å². The lowest BCUT2D eigenvalue weighted by Gasteiger charge is -2.18. The van der Waals surface area contributed by atoms with Crippen LogP contribution in [0.4, 0.5) is 4.39 Å². The van der Waals surface area contributed by atoms with Crippen molar-refractivity contribution in [1.29, 1.82) is 0 Å². The fourth-order valence-corrected chi connectivity index (χ4v) is 2.21. The van der Waals surface area contributed by atoms with Crippen molar-refractivity contribution >= 4 is 11.6 Å². The standard InChI is InChI=1S/C14H15ClFNO2/c1-3-17-13(10-6-7-19-14(10)15)9-4-5-12(18-2)11(16)8-9/h4-8,13,17H,3H2,1-2H3. The summed E-state index contributed by atoms with van der Waals surface area (Å²) < 4.78 is 23.8. The highest BCUT2D eigenvalue weighted by Crippen LogP contribution is 2.31. The summed E-state index contributed by atoms with van der Waals surface area (Å²) in [5, 5.41) is 3.56. The summed E-state index contributed by atoms with van der Waals surface area (Å²) in [7, 11) is 1.44. The molecule has 1 N–H and O–H groups in total. The van der Waals surface area contributed by atoms with E-state index in [1.165, 1.54) is 19.4 Å². The molecule has 0 fully saturated rings. The molecule has 1 unspecified atom stereocenters. The molecule has 2 aromatic rings. The lowest BCUT2D eigenvalue weighted by molar-refractivity contribution is 0.385. The van der Waals surface area contributed by atoms with Crippen molar-refractivity contribution in [3.05, 3.63) is 52.7 Å². The van der Waals surface area contributed by atoms with Gasteiger partial charge in [0.15, 0.2) is 16.8 Å². The molecule has 0 amide bonds. The number of hydrogen-bond acceptors (Lipinski definition) is 3. The second-order valence-electron chi connectivity index (χ2n) is 4.03. The van der Waals surface area contributed by atoms with E-state index < -0.39 is 5.82 Å². The van der Waals surface area contributed by atoms with Crippen LogP contribution in [0, 0.1) is 5.82 Å². The molecule has 1 atom stereocenters. The third kappa shape index (κ3) is 2.91. The summed E-state index contributed by atoms with van der Waals surface area (Å²) >= 11 is 5.99. The zero-order chi connectivity index (χ0) is 13.8. The van der Waals surface area contributed by atoms with Crippen LogP contribution in [-0.4, -0.2) is 13.7 Å². The zero-order valence-corrected chi connectivity index (χ0v) is 11.5. The van der Waals surface area contributed by atoms with E-state index in [1.54, 1.807) is 18.2 Å². The molecular formula is C14H15ClFNO2. The fourth-order valence-electron chi connectivity index (χ4n) is 1.98. The quantitative estimate of drug-likeness (QED) is 0.907. The predicted octanol–water partition coefficient (Wildman–Crippen LogP) is 3.78. The van der Waals surface area contributed by atoms with Crippen LogP contribution >= 0.6 is 11.6 Å². The van der Waals surface area contributed by atoms with Crippen molar-refractivity contribution in [1.82, 2.24) is 5.32 Å². The molecule has 19 heavy (non-hydrogen) atoms. The lowest BCUT2D eigenvalue weighted by atomic mass is 10.0. The molecule has 0 aliphatic rings. The van der Waals surface area contributed by atoms with Crippen LogP contribution in [-0.2, 0) is 0 Å². The summed E-state index contributed by atoms with van der Waals surface area (Å²) in [6, 6.07) is 6.41. The first-order valence-electron chi connectivity index (χ1n) is 5.97. The van der Waals surface area contributed by atoms with Crippen molar-refractivity contribution in [2.45, 2.75) is 13.0 Å². The van der Waals surface area contributed by atoms with Crippen LogP contribution in [0.5, 0.6) is 5.75 Å². The predicted molar refractivity (Wildman–Crippen MR) is 72.2 cm³/mol. The first-order valence-corrected chi connectivity index (χ1v) is 6.34. The molecule has 3 nitrogen and oxygen atoms in total. The van der Waals surface area contributed by atoms with Crippen molar-refractivity contribution in [2.75, 3.05) is 13.7 Å². The number of benzene rings is 1. The topological polar surface area (TPSA) is 34.4 Å². The van der Waals surface area contributed by atoms with E-state index in [9.17, 15) is 4.39 Å². The second-order valence-corrected chi connectivity index (χ2v) is 4.38. The number of nitrogens with one attached hydrogen (secondary N) is 1. The third-order valence-electron chi connectivity index (χ3n) is 2.87. The average molecular weight is 284 g/mol. The summed E-state index contributed by atoms with van der Waals surface area (Å²) in [5.74, 6) is -0.181. The maximum Gasteiger partial charge on any atom is 0.198 e. The Hall–Kier alpha value is -1.52. The lowest BCUT2D eigenvalue weighted by Crippen LogP contribution is -2.22. The smallest absolute Gasteiger partial charge is 0.198 e. The van der Waals surface area contributed by atoms with E-state index in [2.05, 4.69) is 5.32 Å². The number of rotatable bonds is 5. The first-order chi connectivity index (χ1) is 9.17. The SMILES string of the molecule is CCNC(c1ccc(OC)c(F)c1)c1ccoc1Cl. The van der Waals surface area contributed by atoms with Gasteiger partial charge in [0.2, 0.25) is 0 Å². The van der Waals surface area contributed by atoms with Gasteiger partial charge in [-0.1, -0.05) is 13.0 Å². The van der Waals surface area contributed by atoms with Gasteiger partial charge >= 0.3 is 0 Å². The van der Waals surface area contributed by atoms with Crippen LogP contribution in [0.25, 0.3) is 0 Å². The van der Waals surface area contributed by atoms with E-state index in [0.717, 1.165) is 17.7 Å². The number of furan rings is 1. The summed E-state index contributed by atoms with van der Waals surface area (Å²) in [5.41, 5.74) is 1.55. The average Bonchev–Trinajstić information content (AvgIpc) is 2.82. The Balaban J connectivity index is 2.39. The van der Waals surface area contributed by atoms with Gasteiger partial charge in [0.25, 0.3) is 0 Å². The van der Waals surface area contributed by atoms with Crippen molar-refractivity contribution < 1.29 is 13.5 Å². The van der Waals surface area contributed by atoms with Crippen LogP contribution in [0.3, 0.4) is 0 Å². The van der Waals surface area contributed by atoms with Crippen LogP contribution in [0.15, 0.2) is 34.9 Å². The number of halogens is 2. The highest BCUT2D eigenvalue weighted by Gasteiger charge is 2.19. The van der Waals surface area contributed by atoms with E-state index in [1.807, 2.05) is 6.92 Å². The number of methoxy groups -OCH3 is 1. The monoisotopic (exact) mass is 283 g/mol. The molecule has 0 spiro atoms. The van der Waals surface area contributed by atoms with Gasteiger partial charge in [0.05, 0.1) is 19.4 Å². The Labute approximate surface area is 116 Å². The molecule has 0 saturated carbocycles. The maximum atomic E-state index is 13.8. The van der Waals surface area contributed by atoms with Crippen LogP contribution in [0.1, 0.15) is 24.1 Å². The molecule has 0 aliphatic heterocycles. The number of hydrogen-bond donors (Lipinski definition) is 1. The minimum absolute atomic E-state index is 0.211. The summed E-state index contributed by atoms with van der Waals surface area (Å²) in [6.07, 6.45) is 1.52. The molecule has 102 valence electrons. The molecular weight excluding hydrogens is 269 g/mol. The van der Waals surface area contributed by atoms with Crippen LogP contribution in [0.2, 0.25) is 5.22 Å². The molecule has 0 radical (unpaired) electrons. The molecule has 0 aliphatic carbocycles. The van der Waals surface area contributed by atoms with E-state index in [0.29, 0.717) is 5.22 Å². The van der Waals surface area contributed by atoms with Gasteiger partial charge in [0.1, 0.15) is 0 Å². The Morgan fingerprint density at radius 1 is 1.42 bits per heavy atom. The van der Waals surface area contributed by atoms with Gasteiger partial charge in [-0.25, -0.2) is 4.39 Å². The first kappa shape index (κ1) is 13.9. The van der Waals surface area contributed by atoms with Gasteiger partial charge in [-0.05, 0) is 41.9 Å². The highest BCUT2D eigenvalue weighted by molar-refractivity contribution is 6.29. The Bertz CT molecular complexity index is 556. The van der Waals surface area contributed by atoms with Gasteiger partial charge in [-0.3, -0.25) is 0 Å². The Kier molecular flexibility index (Phi) is 4.45. The highest BCUT2D eigenvalue weighted by atomic mass is 35.5. The normalized spacial score (nSPS) is 12.4. The molecule has 5 heteroatoms. The van der Waals surface area contributed by atoms with Crippen LogP contribution < -0.4 is 10.1 Å². The Morgan fingerprint density at radius 3 is 2.74 bits per heavy atom. The van der Waals surface area contributed by atoms with E-state index in [4.69, 9.17) is 20.8 Å².